The molecule has 0 atom stereocenters. The topological polar surface area (TPSA) is 88.9 Å². The van der Waals surface area contributed by atoms with Crippen molar-refractivity contribution in [2.45, 2.75) is 13.8 Å². The highest BCUT2D eigenvalue weighted by Crippen LogP contribution is 2.23. The maximum Gasteiger partial charge on any atom is 0.374 e. The van der Waals surface area contributed by atoms with Crippen LogP contribution >= 0.6 is 11.6 Å². The van der Waals surface area contributed by atoms with E-state index in [0.717, 1.165) is 0 Å². The average Bonchev–Trinajstić information content (AvgIpc) is 3.00. The van der Waals surface area contributed by atoms with Crippen LogP contribution in [0.1, 0.15) is 24.4 Å². The van der Waals surface area contributed by atoms with Crippen LogP contribution < -0.4 is 5.32 Å². The minimum Gasteiger partial charge on any atom is -0.450 e. The zero-order chi connectivity index (χ0) is 18.4. The minimum atomic E-state index is -0.755. The number of carbonyl (C=O) groups excluding carboxylic acids is 3. The van der Waals surface area contributed by atoms with E-state index < -0.39 is 18.5 Å². The van der Waals surface area contributed by atoms with Crippen molar-refractivity contribution in [3.63, 3.8) is 0 Å². The van der Waals surface area contributed by atoms with Crippen LogP contribution in [-0.4, -0.2) is 48.9 Å². The van der Waals surface area contributed by atoms with Gasteiger partial charge in [-0.3, -0.25) is 9.59 Å². The van der Waals surface area contributed by atoms with Crippen molar-refractivity contribution >= 4 is 40.4 Å². The number of fused-ring (bicyclic) bond motifs is 1. The normalized spacial score (nSPS) is 10.5. The number of benzene rings is 1. The van der Waals surface area contributed by atoms with E-state index >= 15 is 0 Å². The fourth-order valence-corrected chi connectivity index (χ4v) is 2.39. The lowest BCUT2D eigenvalue weighted by molar-refractivity contribution is -0.138. The number of nitrogens with zero attached hydrogens (tertiary/aromatic N) is 1. The predicted molar refractivity (Wildman–Crippen MR) is 92.4 cm³/mol. The Morgan fingerprint density at radius 3 is 2.68 bits per heavy atom. The number of nitrogens with one attached hydrogen (secondary N) is 1. The Kier molecular flexibility index (Phi) is 6.41. The third kappa shape index (κ3) is 4.96. The van der Waals surface area contributed by atoms with Crippen LogP contribution in [0.25, 0.3) is 11.0 Å². The summed E-state index contributed by atoms with van der Waals surface area (Å²) >= 11 is 5.88. The van der Waals surface area contributed by atoms with E-state index in [4.69, 9.17) is 20.8 Å². The van der Waals surface area contributed by atoms with Gasteiger partial charge in [0.15, 0.2) is 6.61 Å². The first kappa shape index (κ1) is 18.8. The van der Waals surface area contributed by atoms with Gasteiger partial charge in [0.1, 0.15) is 5.58 Å². The number of amides is 2. The molecule has 0 fully saturated rings. The van der Waals surface area contributed by atoms with Gasteiger partial charge in [-0.25, -0.2) is 4.79 Å². The van der Waals surface area contributed by atoms with Crippen molar-refractivity contribution in [3.05, 3.63) is 35.0 Å². The van der Waals surface area contributed by atoms with Crippen molar-refractivity contribution in [1.29, 1.82) is 0 Å². The van der Waals surface area contributed by atoms with Crippen LogP contribution in [0.4, 0.5) is 0 Å². The highest BCUT2D eigenvalue weighted by atomic mass is 35.5. The Labute approximate surface area is 149 Å². The van der Waals surface area contributed by atoms with E-state index in [0.29, 0.717) is 29.1 Å². The average molecular weight is 367 g/mol. The summed E-state index contributed by atoms with van der Waals surface area (Å²) in [6.45, 7) is 3.79. The lowest BCUT2D eigenvalue weighted by Crippen LogP contribution is -2.42. The quantitative estimate of drug-likeness (QED) is 0.759. The zero-order valence-electron chi connectivity index (χ0n) is 14.0. The lowest BCUT2D eigenvalue weighted by atomic mass is 10.2. The van der Waals surface area contributed by atoms with Gasteiger partial charge >= 0.3 is 5.97 Å². The molecule has 1 aromatic carbocycles. The van der Waals surface area contributed by atoms with Gasteiger partial charge in [-0.1, -0.05) is 11.6 Å². The maximum atomic E-state index is 12.1. The molecule has 0 bridgehead atoms. The summed E-state index contributed by atoms with van der Waals surface area (Å²) < 4.78 is 10.4. The Morgan fingerprint density at radius 1 is 1.24 bits per heavy atom. The second kappa shape index (κ2) is 8.53. The summed E-state index contributed by atoms with van der Waals surface area (Å²) in [7, 11) is 0. The molecule has 2 aromatic rings. The molecule has 2 amide bonds. The molecule has 2 rings (SSSR count). The van der Waals surface area contributed by atoms with E-state index in [2.05, 4.69) is 5.32 Å². The second-order valence-electron chi connectivity index (χ2n) is 5.23. The summed E-state index contributed by atoms with van der Waals surface area (Å²) in [5.41, 5.74) is 0.495. The smallest absolute Gasteiger partial charge is 0.374 e. The van der Waals surface area contributed by atoms with Crippen LogP contribution in [0, 0.1) is 0 Å². The zero-order valence-corrected chi connectivity index (χ0v) is 14.8. The first-order valence-electron chi connectivity index (χ1n) is 7.85. The molecule has 1 aromatic heterocycles. The molecule has 0 aliphatic heterocycles. The summed E-state index contributed by atoms with van der Waals surface area (Å²) in [6, 6.07) is 6.45. The highest BCUT2D eigenvalue weighted by Gasteiger charge is 2.19. The standard InChI is InChI=1S/C17H19ClN2O5/c1-3-19-15(21)9-20(4-2)16(22)10-24-17(23)14-8-11-7-12(18)5-6-13(11)25-14/h5-8H,3-4,9-10H2,1-2H3,(H,19,21). The summed E-state index contributed by atoms with van der Waals surface area (Å²) in [6.07, 6.45) is 0. The molecule has 7 nitrogen and oxygen atoms in total. The molecular weight excluding hydrogens is 348 g/mol. The number of esters is 1. The van der Waals surface area contributed by atoms with Crippen LogP contribution in [0.5, 0.6) is 0 Å². The summed E-state index contributed by atoms with van der Waals surface area (Å²) in [4.78, 5) is 37.0. The van der Waals surface area contributed by atoms with Gasteiger partial charge < -0.3 is 19.4 Å². The Hall–Kier alpha value is -2.54. The molecule has 25 heavy (non-hydrogen) atoms. The highest BCUT2D eigenvalue weighted by molar-refractivity contribution is 6.31. The number of carbonyl (C=O) groups is 3. The number of likely N-dealkylation sites (N-methyl/N-ethyl adjacent to an activating group) is 2. The minimum absolute atomic E-state index is 0.0168. The van der Waals surface area contributed by atoms with Crippen molar-refractivity contribution in [2.24, 2.45) is 0 Å². The summed E-state index contributed by atoms with van der Waals surface area (Å²) in [5, 5.41) is 3.79. The van der Waals surface area contributed by atoms with Gasteiger partial charge in [-0.15, -0.1) is 0 Å². The number of rotatable bonds is 7. The first-order chi connectivity index (χ1) is 11.9. The van der Waals surface area contributed by atoms with E-state index in [1.165, 1.54) is 11.0 Å². The van der Waals surface area contributed by atoms with Gasteiger partial charge in [-0.2, -0.15) is 0 Å². The van der Waals surface area contributed by atoms with Gasteiger partial charge in [0.25, 0.3) is 5.91 Å². The molecule has 1 N–H and O–H groups in total. The molecule has 0 spiro atoms. The SMILES string of the molecule is CCNC(=O)CN(CC)C(=O)COC(=O)c1cc2cc(Cl)ccc2o1. The van der Waals surface area contributed by atoms with E-state index in [9.17, 15) is 14.4 Å². The van der Waals surface area contributed by atoms with Gasteiger partial charge in [0.05, 0.1) is 6.54 Å². The Bertz CT molecular complexity index is 786. The van der Waals surface area contributed by atoms with Crippen LogP contribution in [0.3, 0.4) is 0 Å². The van der Waals surface area contributed by atoms with Crippen LogP contribution in [0.2, 0.25) is 5.02 Å². The number of hydrogen-bond acceptors (Lipinski definition) is 5. The fourth-order valence-electron chi connectivity index (χ4n) is 2.21. The second-order valence-corrected chi connectivity index (χ2v) is 5.67. The Morgan fingerprint density at radius 2 is 2.00 bits per heavy atom. The van der Waals surface area contributed by atoms with E-state index in [-0.39, 0.29) is 18.2 Å². The maximum absolute atomic E-state index is 12.1. The third-order valence-electron chi connectivity index (χ3n) is 3.45. The lowest BCUT2D eigenvalue weighted by Gasteiger charge is -2.19. The van der Waals surface area contributed by atoms with Crippen molar-refractivity contribution in [3.8, 4) is 0 Å². The van der Waals surface area contributed by atoms with Gasteiger partial charge in [0.2, 0.25) is 11.7 Å². The molecule has 0 aliphatic carbocycles. The van der Waals surface area contributed by atoms with Crippen LogP contribution in [-0.2, 0) is 14.3 Å². The molecule has 0 radical (unpaired) electrons. The molecule has 0 unspecified atom stereocenters. The Balaban J connectivity index is 1.95. The van der Waals surface area contributed by atoms with E-state index in [1.807, 2.05) is 0 Å². The van der Waals surface area contributed by atoms with Crippen molar-refractivity contribution < 1.29 is 23.5 Å². The largest absolute Gasteiger partial charge is 0.450 e. The van der Waals surface area contributed by atoms with E-state index in [1.54, 1.807) is 32.0 Å². The van der Waals surface area contributed by atoms with Crippen molar-refractivity contribution in [2.75, 3.05) is 26.2 Å². The van der Waals surface area contributed by atoms with Gasteiger partial charge in [-0.05, 0) is 38.1 Å². The number of furan rings is 1. The predicted octanol–water partition coefficient (Wildman–Crippen LogP) is 2.23. The molecule has 8 heteroatoms. The van der Waals surface area contributed by atoms with Crippen molar-refractivity contribution in [1.82, 2.24) is 10.2 Å². The molecule has 0 saturated heterocycles. The monoisotopic (exact) mass is 366 g/mol. The molecule has 1 heterocycles. The number of ether oxygens (including phenoxy) is 1. The summed E-state index contributed by atoms with van der Waals surface area (Å²) in [5.74, 6) is -1.49. The third-order valence-corrected chi connectivity index (χ3v) is 3.68. The molecule has 0 saturated carbocycles. The molecular formula is C17H19ClN2O5. The van der Waals surface area contributed by atoms with Gasteiger partial charge in [0, 0.05) is 23.5 Å². The first-order valence-corrected chi connectivity index (χ1v) is 8.23. The number of halogens is 1. The van der Waals surface area contributed by atoms with Crippen LogP contribution in [0.15, 0.2) is 28.7 Å². The molecule has 0 aliphatic rings. The molecule has 134 valence electrons. The fraction of sp³-hybridized carbons (Fsp3) is 0.353. The number of hydrogen-bond donors (Lipinski definition) is 1.